The lowest BCUT2D eigenvalue weighted by atomic mass is 10.1. The lowest BCUT2D eigenvalue weighted by Crippen LogP contribution is -2.30. The zero-order valence-corrected chi connectivity index (χ0v) is 12.5. The summed E-state index contributed by atoms with van der Waals surface area (Å²) in [7, 11) is 0. The number of halogens is 1. The predicted octanol–water partition coefficient (Wildman–Crippen LogP) is 2.38. The van der Waals surface area contributed by atoms with Gasteiger partial charge in [-0.15, -0.1) is 0 Å². The van der Waals surface area contributed by atoms with Gasteiger partial charge in [-0.3, -0.25) is 9.59 Å². The van der Waals surface area contributed by atoms with E-state index < -0.39 is 24.2 Å². The fraction of sp³-hybridized carbons (Fsp3) is 0.118. The lowest BCUT2D eigenvalue weighted by molar-refractivity contribution is -0.137. The van der Waals surface area contributed by atoms with E-state index in [9.17, 15) is 14.0 Å². The molecule has 0 aliphatic heterocycles. The minimum absolute atomic E-state index is 0.165. The van der Waals surface area contributed by atoms with Gasteiger partial charge in [-0.2, -0.15) is 0 Å². The summed E-state index contributed by atoms with van der Waals surface area (Å²) in [5, 5.41) is 10.7. The van der Waals surface area contributed by atoms with Crippen LogP contribution >= 0.6 is 0 Å². The number of aliphatic carboxylic acids is 1. The number of nitrogens with one attached hydrogen (secondary N) is 1. The van der Waals surface area contributed by atoms with Crippen molar-refractivity contribution in [3.8, 4) is 11.5 Å². The normalized spacial score (nSPS) is 10.7. The number of aromatic nitrogens is 1. The second kappa shape index (κ2) is 6.49. The van der Waals surface area contributed by atoms with E-state index >= 15 is 0 Å². The second-order valence-electron chi connectivity index (χ2n) is 5.14. The largest absolute Gasteiger partial charge is 0.480 e. The molecule has 122 valence electrons. The Bertz CT molecular complexity index is 887. The van der Waals surface area contributed by atoms with Gasteiger partial charge in [0, 0.05) is 5.56 Å². The van der Waals surface area contributed by atoms with Crippen LogP contribution < -0.4 is 5.32 Å². The van der Waals surface area contributed by atoms with Crippen LogP contribution in [0.2, 0.25) is 0 Å². The number of rotatable bonds is 5. The third-order valence-corrected chi connectivity index (χ3v) is 3.38. The lowest BCUT2D eigenvalue weighted by Gasteiger charge is -2.05. The number of carboxylic acids is 1. The third-order valence-electron chi connectivity index (χ3n) is 3.38. The first kappa shape index (κ1) is 15.7. The molecule has 0 saturated heterocycles. The molecule has 0 bridgehead atoms. The van der Waals surface area contributed by atoms with Gasteiger partial charge in [-0.25, -0.2) is 9.37 Å². The highest BCUT2D eigenvalue weighted by Crippen LogP contribution is 2.25. The van der Waals surface area contributed by atoms with Crippen LogP contribution in [-0.2, 0) is 16.0 Å². The van der Waals surface area contributed by atoms with Crippen LogP contribution in [0.15, 0.2) is 46.9 Å². The quantitative estimate of drug-likeness (QED) is 0.750. The minimum atomic E-state index is -1.16. The summed E-state index contributed by atoms with van der Waals surface area (Å²) < 4.78 is 19.8. The Morgan fingerprint density at radius 1 is 1.21 bits per heavy atom. The van der Waals surface area contributed by atoms with E-state index in [2.05, 4.69) is 10.3 Å². The maximum atomic E-state index is 14.2. The Kier molecular flexibility index (Phi) is 4.24. The molecule has 0 unspecified atom stereocenters. The maximum Gasteiger partial charge on any atom is 0.322 e. The van der Waals surface area contributed by atoms with E-state index in [0.29, 0.717) is 16.7 Å². The van der Waals surface area contributed by atoms with Crippen LogP contribution in [0.5, 0.6) is 0 Å². The van der Waals surface area contributed by atoms with E-state index in [1.165, 1.54) is 12.1 Å². The Morgan fingerprint density at radius 2 is 2.00 bits per heavy atom. The summed E-state index contributed by atoms with van der Waals surface area (Å²) >= 11 is 0. The van der Waals surface area contributed by atoms with Crippen molar-refractivity contribution in [3.63, 3.8) is 0 Å². The Morgan fingerprint density at radius 3 is 2.71 bits per heavy atom. The standard InChI is InChI=1S/C17H13FN2O4/c18-12-7-11(17-20-13-3-1-2-4-14(13)24-17)6-5-10(12)8-15(21)19-9-16(22)23/h1-7H,8-9H2,(H,19,21)(H,22,23). The molecule has 0 saturated carbocycles. The molecule has 0 aliphatic rings. The van der Waals surface area contributed by atoms with Gasteiger partial charge in [0.05, 0.1) is 6.42 Å². The SMILES string of the molecule is O=C(O)CNC(=O)Cc1ccc(-c2nc3ccccc3o2)cc1F. The number of hydrogen-bond donors (Lipinski definition) is 2. The summed E-state index contributed by atoms with van der Waals surface area (Å²) in [6.07, 6.45) is -0.243. The number of carboxylic acid groups (broad SMARTS) is 1. The summed E-state index contributed by atoms with van der Waals surface area (Å²) in [6.45, 7) is -0.499. The number of nitrogens with zero attached hydrogens (tertiary/aromatic N) is 1. The maximum absolute atomic E-state index is 14.2. The first-order valence-electron chi connectivity index (χ1n) is 7.16. The summed E-state index contributed by atoms with van der Waals surface area (Å²) in [5.74, 6) is -2.02. The molecule has 0 atom stereocenters. The molecule has 0 aliphatic carbocycles. The topological polar surface area (TPSA) is 92.4 Å². The molecular weight excluding hydrogens is 315 g/mol. The smallest absolute Gasteiger partial charge is 0.322 e. The van der Waals surface area contributed by atoms with Gasteiger partial charge in [-0.05, 0) is 29.8 Å². The van der Waals surface area contributed by atoms with E-state index in [1.54, 1.807) is 18.2 Å². The van der Waals surface area contributed by atoms with Gasteiger partial charge in [0.25, 0.3) is 0 Å². The Balaban J connectivity index is 1.79. The molecule has 6 nitrogen and oxygen atoms in total. The fourth-order valence-corrected chi connectivity index (χ4v) is 2.23. The number of carbonyl (C=O) groups is 2. The van der Waals surface area contributed by atoms with Crippen LogP contribution in [-0.4, -0.2) is 28.5 Å². The molecule has 24 heavy (non-hydrogen) atoms. The van der Waals surface area contributed by atoms with Crippen molar-refractivity contribution >= 4 is 23.0 Å². The Hall–Kier alpha value is -3.22. The number of amides is 1. The van der Waals surface area contributed by atoms with Crippen molar-refractivity contribution in [2.45, 2.75) is 6.42 Å². The van der Waals surface area contributed by atoms with Crippen LogP contribution in [0, 0.1) is 5.82 Å². The number of benzene rings is 2. The average Bonchev–Trinajstić information content (AvgIpc) is 2.99. The van der Waals surface area contributed by atoms with Gasteiger partial charge in [0.2, 0.25) is 11.8 Å². The summed E-state index contributed by atoms with van der Waals surface area (Å²) in [4.78, 5) is 26.2. The molecule has 7 heteroatoms. The first-order valence-corrected chi connectivity index (χ1v) is 7.16. The number of fused-ring (bicyclic) bond motifs is 1. The number of oxazole rings is 1. The van der Waals surface area contributed by atoms with E-state index in [4.69, 9.17) is 9.52 Å². The minimum Gasteiger partial charge on any atom is -0.480 e. The van der Waals surface area contributed by atoms with Gasteiger partial charge >= 0.3 is 5.97 Å². The molecule has 3 rings (SSSR count). The molecule has 2 N–H and O–H groups in total. The Labute approximate surface area is 135 Å². The van der Waals surface area contributed by atoms with Gasteiger partial charge in [-0.1, -0.05) is 18.2 Å². The van der Waals surface area contributed by atoms with Crippen molar-refractivity contribution in [3.05, 3.63) is 53.8 Å². The number of carbonyl (C=O) groups excluding carboxylic acids is 1. The highest BCUT2D eigenvalue weighted by Gasteiger charge is 2.13. The van der Waals surface area contributed by atoms with E-state index in [1.807, 2.05) is 12.1 Å². The summed E-state index contributed by atoms with van der Waals surface area (Å²) in [5.41, 5.74) is 1.89. The van der Waals surface area contributed by atoms with E-state index in [-0.39, 0.29) is 17.9 Å². The van der Waals surface area contributed by atoms with Crippen molar-refractivity contribution in [2.75, 3.05) is 6.54 Å². The molecule has 0 radical (unpaired) electrons. The molecule has 1 heterocycles. The fourth-order valence-electron chi connectivity index (χ4n) is 2.23. The first-order chi connectivity index (χ1) is 11.5. The van der Waals surface area contributed by atoms with Crippen molar-refractivity contribution in [1.29, 1.82) is 0 Å². The average molecular weight is 328 g/mol. The zero-order chi connectivity index (χ0) is 17.1. The highest BCUT2D eigenvalue weighted by molar-refractivity contribution is 5.83. The van der Waals surface area contributed by atoms with Gasteiger partial charge in [0.15, 0.2) is 5.58 Å². The monoisotopic (exact) mass is 328 g/mol. The second-order valence-corrected chi connectivity index (χ2v) is 5.14. The number of para-hydroxylation sites is 2. The van der Waals surface area contributed by atoms with Crippen LogP contribution in [0.3, 0.4) is 0 Å². The summed E-state index contributed by atoms with van der Waals surface area (Å²) in [6, 6.07) is 11.5. The van der Waals surface area contributed by atoms with E-state index in [0.717, 1.165) is 0 Å². The van der Waals surface area contributed by atoms with Crippen molar-refractivity contribution < 1.29 is 23.5 Å². The van der Waals surface area contributed by atoms with Crippen molar-refractivity contribution in [2.24, 2.45) is 0 Å². The highest BCUT2D eigenvalue weighted by atomic mass is 19.1. The van der Waals surface area contributed by atoms with Crippen LogP contribution in [0.25, 0.3) is 22.6 Å². The van der Waals surface area contributed by atoms with Gasteiger partial charge < -0.3 is 14.8 Å². The molecule has 2 aromatic carbocycles. The zero-order valence-electron chi connectivity index (χ0n) is 12.5. The molecule has 0 fully saturated rings. The molecule has 1 aromatic heterocycles. The number of hydrogen-bond acceptors (Lipinski definition) is 4. The van der Waals surface area contributed by atoms with Crippen LogP contribution in [0.1, 0.15) is 5.56 Å². The van der Waals surface area contributed by atoms with Crippen LogP contribution in [0.4, 0.5) is 4.39 Å². The molecular formula is C17H13FN2O4. The molecule has 3 aromatic rings. The van der Waals surface area contributed by atoms with Crippen molar-refractivity contribution in [1.82, 2.24) is 10.3 Å². The third kappa shape index (κ3) is 3.40. The predicted molar refractivity (Wildman–Crippen MR) is 83.8 cm³/mol. The van der Waals surface area contributed by atoms with Gasteiger partial charge in [0.1, 0.15) is 17.9 Å². The molecule has 1 amide bonds. The molecule has 0 spiro atoms.